The molecule has 0 aromatic heterocycles. The van der Waals surface area contributed by atoms with Gasteiger partial charge in [-0.05, 0) is 29.9 Å². The summed E-state index contributed by atoms with van der Waals surface area (Å²) >= 11 is 0. The Hall–Kier alpha value is -0.890. The first-order chi connectivity index (χ1) is 6.83. The fraction of sp³-hybridized carbons (Fsp3) is 0.500. The standard InChI is InChI=1S/C12H16FN/c13-12(8-14)11-7-2-1-6-10(11)9-4-3-5-9/h1-2,6-7,9,12H,3-5,8,14H2. The molecule has 0 saturated heterocycles. The van der Waals surface area contributed by atoms with E-state index >= 15 is 0 Å². The highest BCUT2D eigenvalue weighted by molar-refractivity contribution is 5.33. The molecule has 1 fully saturated rings. The molecule has 0 spiro atoms. The van der Waals surface area contributed by atoms with Crippen molar-refractivity contribution in [1.29, 1.82) is 0 Å². The van der Waals surface area contributed by atoms with Crippen LogP contribution in [0.15, 0.2) is 24.3 Å². The Kier molecular flexibility index (Phi) is 2.82. The first-order valence-corrected chi connectivity index (χ1v) is 5.26. The van der Waals surface area contributed by atoms with Crippen LogP contribution >= 0.6 is 0 Å². The van der Waals surface area contributed by atoms with Gasteiger partial charge in [0.25, 0.3) is 0 Å². The summed E-state index contributed by atoms with van der Waals surface area (Å²) in [6.07, 6.45) is 2.69. The van der Waals surface area contributed by atoms with Gasteiger partial charge in [0.1, 0.15) is 6.17 Å². The minimum atomic E-state index is -0.994. The maximum atomic E-state index is 13.5. The van der Waals surface area contributed by atoms with Gasteiger partial charge in [-0.2, -0.15) is 0 Å². The number of alkyl halides is 1. The normalized spacial score (nSPS) is 19.0. The molecular weight excluding hydrogens is 177 g/mol. The van der Waals surface area contributed by atoms with E-state index in [0.29, 0.717) is 5.92 Å². The van der Waals surface area contributed by atoms with Crippen molar-refractivity contribution >= 4 is 0 Å². The lowest BCUT2D eigenvalue weighted by Crippen LogP contribution is -2.15. The largest absolute Gasteiger partial charge is 0.327 e. The third-order valence-corrected chi connectivity index (χ3v) is 3.09. The molecule has 1 atom stereocenters. The zero-order valence-corrected chi connectivity index (χ0v) is 8.25. The molecular formula is C12H16FN. The molecule has 1 aliphatic rings. The lowest BCUT2D eigenvalue weighted by atomic mass is 9.77. The maximum absolute atomic E-state index is 13.5. The molecule has 2 rings (SSSR count). The molecule has 1 aliphatic carbocycles. The van der Waals surface area contributed by atoms with Crippen LogP contribution in [0.4, 0.5) is 4.39 Å². The predicted molar refractivity (Wildman–Crippen MR) is 55.9 cm³/mol. The van der Waals surface area contributed by atoms with Crippen LogP contribution in [0.5, 0.6) is 0 Å². The molecule has 0 bridgehead atoms. The van der Waals surface area contributed by atoms with Crippen molar-refractivity contribution < 1.29 is 4.39 Å². The monoisotopic (exact) mass is 193 g/mol. The zero-order chi connectivity index (χ0) is 9.97. The molecule has 2 heteroatoms. The Morgan fingerprint density at radius 2 is 2.07 bits per heavy atom. The van der Waals surface area contributed by atoms with Gasteiger partial charge in [0, 0.05) is 6.54 Å². The number of rotatable bonds is 3. The Bertz CT molecular complexity index is 283. The van der Waals surface area contributed by atoms with Gasteiger partial charge >= 0.3 is 0 Å². The van der Waals surface area contributed by atoms with E-state index in [1.165, 1.54) is 24.8 Å². The van der Waals surface area contributed by atoms with Crippen molar-refractivity contribution in [3.63, 3.8) is 0 Å². The minimum Gasteiger partial charge on any atom is -0.327 e. The smallest absolute Gasteiger partial charge is 0.138 e. The first kappa shape index (κ1) is 9.66. The van der Waals surface area contributed by atoms with Gasteiger partial charge in [0.2, 0.25) is 0 Å². The molecule has 0 heterocycles. The van der Waals surface area contributed by atoms with Gasteiger partial charge < -0.3 is 5.73 Å². The van der Waals surface area contributed by atoms with E-state index in [-0.39, 0.29) is 6.54 Å². The summed E-state index contributed by atoms with van der Waals surface area (Å²) in [4.78, 5) is 0. The fourth-order valence-corrected chi connectivity index (χ4v) is 2.01. The second-order valence-electron chi connectivity index (χ2n) is 3.96. The minimum absolute atomic E-state index is 0.0870. The Morgan fingerprint density at radius 1 is 1.36 bits per heavy atom. The quantitative estimate of drug-likeness (QED) is 0.784. The SMILES string of the molecule is NCC(F)c1ccccc1C1CCC1. The molecule has 1 aromatic rings. The second kappa shape index (κ2) is 4.09. The van der Waals surface area contributed by atoms with E-state index in [2.05, 4.69) is 0 Å². The van der Waals surface area contributed by atoms with Crippen molar-refractivity contribution in [3.05, 3.63) is 35.4 Å². The van der Waals surface area contributed by atoms with Crippen LogP contribution in [0.3, 0.4) is 0 Å². The molecule has 2 N–H and O–H groups in total. The summed E-state index contributed by atoms with van der Waals surface area (Å²) in [7, 11) is 0. The van der Waals surface area contributed by atoms with E-state index in [9.17, 15) is 4.39 Å². The van der Waals surface area contributed by atoms with Gasteiger partial charge in [-0.1, -0.05) is 30.7 Å². The van der Waals surface area contributed by atoms with Gasteiger partial charge in [-0.25, -0.2) is 4.39 Å². The van der Waals surface area contributed by atoms with Crippen molar-refractivity contribution in [1.82, 2.24) is 0 Å². The van der Waals surface area contributed by atoms with Gasteiger partial charge in [0.05, 0.1) is 0 Å². The summed E-state index contributed by atoms with van der Waals surface area (Å²) in [5.74, 6) is 0.580. The summed E-state index contributed by atoms with van der Waals surface area (Å²) < 4.78 is 13.5. The number of benzene rings is 1. The van der Waals surface area contributed by atoms with Crippen LogP contribution in [-0.2, 0) is 0 Å². The highest BCUT2D eigenvalue weighted by atomic mass is 19.1. The Labute approximate surface area is 84.1 Å². The lowest BCUT2D eigenvalue weighted by Gasteiger charge is -2.28. The summed E-state index contributed by atoms with van der Waals surface area (Å²) in [6, 6.07) is 7.78. The third-order valence-electron chi connectivity index (χ3n) is 3.09. The molecule has 1 saturated carbocycles. The topological polar surface area (TPSA) is 26.0 Å². The van der Waals surface area contributed by atoms with E-state index in [1.54, 1.807) is 0 Å². The van der Waals surface area contributed by atoms with Crippen LogP contribution in [0.25, 0.3) is 0 Å². The number of hydrogen-bond donors (Lipinski definition) is 1. The van der Waals surface area contributed by atoms with E-state index in [0.717, 1.165) is 5.56 Å². The van der Waals surface area contributed by atoms with E-state index in [1.807, 2.05) is 24.3 Å². The van der Waals surface area contributed by atoms with Crippen molar-refractivity contribution in [3.8, 4) is 0 Å². The third kappa shape index (κ3) is 1.67. The Balaban J connectivity index is 2.27. The number of hydrogen-bond acceptors (Lipinski definition) is 1. The maximum Gasteiger partial charge on any atom is 0.138 e. The molecule has 1 nitrogen and oxygen atoms in total. The summed E-state index contributed by atoms with van der Waals surface area (Å²) in [6.45, 7) is 0.0870. The van der Waals surface area contributed by atoms with Crippen molar-refractivity contribution in [2.45, 2.75) is 31.4 Å². The average molecular weight is 193 g/mol. The predicted octanol–water partition coefficient (Wildman–Crippen LogP) is 2.92. The van der Waals surface area contributed by atoms with Crippen LogP contribution in [-0.4, -0.2) is 6.54 Å². The van der Waals surface area contributed by atoms with Gasteiger partial charge in [-0.3, -0.25) is 0 Å². The molecule has 76 valence electrons. The first-order valence-electron chi connectivity index (χ1n) is 5.26. The van der Waals surface area contributed by atoms with E-state index < -0.39 is 6.17 Å². The lowest BCUT2D eigenvalue weighted by molar-refractivity contribution is 0.340. The molecule has 0 aliphatic heterocycles. The van der Waals surface area contributed by atoms with Crippen molar-refractivity contribution in [2.24, 2.45) is 5.73 Å². The molecule has 14 heavy (non-hydrogen) atoms. The highest BCUT2D eigenvalue weighted by Gasteiger charge is 2.24. The van der Waals surface area contributed by atoms with Crippen molar-refractivity contribution in [2.75, 3.05) is 6.54 Å². The van der Waals surface area contributed by atoms with Crippen LogP contribution < -0.4 is 5.73 Å². The fourth-order valence-electron chi connectivity index (χ4n) is 2.01. The zero-order valence-electron chi connectivity index (χ0n) is 8.25. The second-order valence-corrected chi connectivity index (χ2v) is 3.96. The van der Waals surface area contributed by atoms with Crippen LogP contribution in [0.2, 0.25) is 0 Å². The molecule has 0 amide bonds. The summed E-state index contributed by atoms with van der Waals surface area (Å²) in [5.41, 5.74) is 7.34. The highest BCUT2D eigenvalue weighted by Crippen LogP contribution is 2.39. The van der Waals surface area contributed by atoms with Gasteiger partial charge in [-0.15, -0.1) is 0 Å². The van der Waals surface area contributed by atoms with E-state index in [4.69, 9.17) is 5.73 Å². The number of nitrogens with two attached hydrogens (primary N) is 1. The Morgan fingerprint density at radius 3 is 2.64 bits per heavy atom. The molecule has 0 radical (unpaired) electrons. The summed E-state index contributed by atoms with van der Waals surface area (Å²) in [5, 5.41) is 0. The van der Waals surface area contributed by atoms with Crippen LogP contribution in [0, 0.1) is 0 Å². The van der Waals surface area contributed by atoms with Crippen LogP contribution in [0.1, 0.15) is 42.5 Å². The molecule has 1 aromatic carbocycles. The average Bonchev–Trinajstić information content (AvgIpc) is 2.15. The number of halogens is 1. The molecule has 1 unspecified atom stereocenters. The van der Waals surface area contributed by atoms with Gasteiger partial charge in [0.15, 0.2) is 0 Å².